The van der Waals surface area contributed by atoms with Gasteiger partial charge in [-0.2, -0.15) is 0 Å². The molecular formula is C13H14N2O3. The Morgan fingerprint density at radius 3 is 2.78 bits per heavy atom. The first kappa shape index (κ1) is 12.2. The Kier molecular flexibility index (Phi) is 3.32. The topological polar surface area (TPSA) is 71.2 Å². The molecule has 94 valence electrons. The number of ether oxygens (including phenoxy) is 1. The van der Waals surface area contributed by atoms with E-state index in [-0.39, 0.29) is 12.2 Å². The molecule has 18 heavy (non-hydrogen) atoms. The highest BCUT2D eigenvalue weighted by Crippen LogP contribution is 2.23. The van der Waals surface area contributed by atoms with E-state index in [0.29, 0.717) is 11.2 Å². The van der Waals surface area contributed by atoms with Gasteiger partial charge in [-0.05, 0) is 13.0 Å². The summed E-state index contributed by atoms with van der Waals surface area (Å²) in [5, 5.41) is 3.68. The summed E-state index contributed by atoms with van der Waals surface area (Å²) in [4.78, 5) is 26.4. The van der Waals surface area contributed by atoms with Crippen LogP contribution in [0.25, 0.3) is 10.9 Å². The number of benzene rings is 1. The predicted molar refractivity (Wildman–Crippen MR) is 70.1 cm³/mol. The Hall–Kier alpha value is -2.30. The summed E-state index contributed by atoms with van der Waals surface area (Å²) in [6, 6.07) is 7.28. The number of aromatic amines is 1. The molecule has 0 saturated carbocycles. The van der Waals surface area contributed by atoms with Gasteiger partial charge in [0.05, 0.1) is 17.8 Å². The van der Waals surface area contributed by atoms with Crippen LogP contribution in [-0.2, 0) is 4.74 Å². The molecule has 0 amide bonds. The van der Waals surface area contributed by atoms with Crippen molar-refractivity contribution in [3.8, 4) is 0 Å². The first-order chi connectivity index (χ1) is 8.69. The monoisotopic (exact) mass is 246 g/mol. The number of carbonyl (C=O) groups excluding carboxylic acids is 1. The van der Waals surface area contributed by atoms with Crippen LogP contribution >= 0.6 is 0 Å². The van der Waals surface area contributed by atoms with E-state index in [2.05, 4.69) is 10.3 Å². The molecule has 0 atom stereocenters. The molecule has 2 rings (SSSR count). The number of rotatable bonds is 3. The number of pyridine rings is 1. The molecule has 0 radical (unpaired) electrons. The highest BCUT2D eigenvalue weighted by Gasteiger charge is 2.19. The van der Waals surface area contributed by atoms with Crippen LogP contribution in [0.1, 0.15) is 17.3 Å². The molecule has 0 aliphatic heterocycles. The molecule has 0 bridgehead atoms. The number of para-hydroxylation sites is 1. The molecule has 0 unspecified atom stereocenters. The second-order valence-electron chi connectivity index (χ2n) is 3.72. The molecule has 5 nitrogen and oxygen atoms in total. The van der Waals surface area contributed by atoms with Crippen molar-refractivity contribution in [2.75, 3.05) is 19.0 Å². The highest BCUT2D eigenvalue weighted by molar-refractivity contribution is 6.04. The second kappa shape index (κ2) is 4.91. The van der Waals surface area contributed by atoms with E-state index >= 15 is 0 Å². The van der Waals surface area contributed by atoms with Gasteiger partial charge in [0.15, 0.2) is 0 Å². The molecule has 1 aromatic heterocycles. The van der Waals surface area contributed by atoms with E-state index < -0.39 is 11.5 Å². The smallest absolute Gasteiger partial charge is 0.345 e. The predicted octanol–water partition coefficient (Wildman–Crippen LogP) is 1.75. The van der Waals surface area contributed by atoms with Crippen molar-refractivity contribution in [1.82, 2.24) is 4.98 Å². The maximum atomic E-state index is 11.9. The van der Waals surface area contributed by atoms with Gasteiger partial charge in [-0.3, -0.25) is 4.79 Å². The highest BCUT2D eigenvalue weighted by atomic mass is 16.5. The average molecular weight is 246 g/mol. The van der Waals surface area contributed by atoms with Crippen LogP contribution in [0.3, 0.4) is 0 Å². The van der Waals surface area contributed by atoms with Crippen LogP contribution in [-0.4, -0.2) is 24.6 Å². The number of anilines is 1. The van der Waals surface area contributed by atoms with Gasteiger partial charge >= 0.3 is 5.97 Å². The second-order valence-corrected chi connectivity index (χ2v) is 3.72. The quantitative estimate of drug-likeness (QED) is 0.809. The van der Waals surface area contributed by atoms with Gasteiger partial charge in [-0.1, -0.05) is 18.2 Å². The SMILES string of the molecule is CCOC(=O)c1c(NC)c2ccccc2[nH]c1=O. The van der Waals surface area contributed by atoms with Crippen LogP contribution in [0.2, 0.25) is 0 Å². The number of H-pyrrole nitrogens is 1. The number of esters is 1. The Bertz CT molecular complexity index is 646. The van der Waals surface area contributed by atoms with Gasteiger partial charge in [0.1, 0.15) is 5.56 Å². The molecule has 0 spiro atoms. The minimum absolute atomic E-state index is 0.0121. The third kappa shape index (κ3) is 1.95. The average Bonchev–Trinajstić information content (AvgIpc) is 2.37. The minimum atomic E-state index is -0.617. The van der Waals surface area contributed by atoms with Crippen LogP contribution in [0.4, 0.5) is 5.69 Å². The van der Waals surface area contributed by atoms with Gasteiger partial charge in [-0.25, -0.2) is 4.79 Å². The normalized spacial score (nSPS) is 10.3. The Balaban J connectivity index is 2.76. The molecular weight excluding hydrogens is 232 g/mol. The molecule has 1 aromatic carbocycles. The van der Waals surface area contributed by atoms with Gasteiger partial charge in [0.2, 0.25) is 0 Å². The third-order valence-corrected chi connectivity index (χ3v) is 2.65. The van der Waals surface area contributed by atoms with Crippen molar-refractivity contribution < 1.29 is 9.53 Å². The summed E-state index contributed by atoms with van der Waals surface area (Å²) in [6.45, 7) is 1.93. The van der Waals surface area contributed by atoms with Crippen molar-refractivity contribution in [2.45, 2.75) is 6.92 Å². The fourth-order valence-corrected chi connectivity index (χ4v) is 1.90. The lowest BCUT2D eigenvalue weighted by molar-refractivity contribution is 0.0525. The molecule has 0 fully saturated rings. The maximum Gasteiger partial charge on any atom is 0.345 e. The number of fused-ring (bicyclic) bond motifs is 1. The molecule has 5 heteroatoms. The Morgan fingerprint density at radius 2 is 2.11 bits per heavy atom. The summed E-state index contributed by atoms with van der Waals surface area (Å²) in [6.07, 6.45) is 0. The number of hydrogen-bond acceptors (Lipinski definition) is 4. The zero-order chi connectivity index (χ0) is 13.1. The first-order valence-electron chi connectivity index (χ1n) is 5.69. The van der Waals surface area contributed by atoms with E-state index in [1.165, 1.54) is 0 Å². The third-order valence-electron chi connectivity index (χ3n) is 2.65. The number of hydrogen-bond donors (Lipinski definition) is 2. The van der Waals surface area contributed by atoms with Gasteiger partial charge in [-0.15, -0.1) is 0 Å². The standard InChI is InChI=1S/C13H14N2O3/c1-3-18-13(17)10-11(14-2)8-6-4-5-7-9(8)15-12(10)16/h4-7H,3H2,1-2H3,(H2,14,15,16). The zero-order valence-electron chi connectivity index (χ0n) is 10.2. The van der Waals surface area contributed by atoms with Gasteiger partial charge in [0.25, 0.3) is 5.56 Å². The number of aromatic nitrogens is 1. The van der Waals surface area contributed by atoms with Crippen molar-refractivity contribution in [3.05, 3.63) is 40.2 Å². The lowest BCUT2D eigenvalue weighted by Gasteiger charge is -2.10. The summed E-state index contributed by atoms with van der Waals surface area (Å²) in [7, 11) is 1.67. The van der Waals surface area contributed by atoms with Crippen molar-refractivity contribution in [3.63, 3.8) is 0 Å². The molecule has 0 aliphatic carbocycles. The first-order valence-corrected chi connectivity index (χ1v) is 5.69. The van der Waals surface area contributed by atoms with E-state index in [9.17, 15) is 9.59 Å². The van der Waals surface area contributed by atoms with Crippen molar-refractivity contribution in [2.24, 2.45) is 0 Å². The van der Waals surface area contributed by atoms with E-state index in [1.807, 2.05) is 18.2 Å². The van der Waals surface area contributed by atoms with Crippen molar-refractivity contribution in [1.29, 1.82) is 0 Å². The van der Waals surface area contributed by atoms with E-state index in [0.717, 1.165) is 5.39 Å². The molecule has 0 saturated heterocycles. The van der Waals surface area contributed by atoms with Crippen LogP contribution < -0.4 is 10.9 Å². The summed E-state index contributed by atoms with van der Waals surface area (Å²) >= 11 is 0. The van der Waals surface area contributed by atoms with Crippen LogP contribution in [0, 0.1) is 0 Å². The van der Waals surface area contributed by atoms with E-state index in [4.69, 9.17) is 4.74 Å². The number of nitrogens with one attached hydrogen (secondary N) is 2. The molecule has 2 N–H and O–H groups in total. The van der Waals surface area contributed by atoms with E-state index in [1.54, 1.807) is 20.0 Å². The van der Waals surface area contributed by atoms with Crippen LogP contribution in [0.15, 0.2) is 29.1 Å². The van der Waals surface area contributed by atoms with Crippen LogP contribution in [0.5, 0.6) is 0 Å². The largest absolute Gasteiger partial charge is 0.462 e. The molecule has 0 aliphatic rings. The number of carbonyl (C=O) groups is 1. The summed E-state index contributed by atoms with van der Waals surface area (Å²) < 4.78 is 4.90. The maximum absolute atomic E-state index is 11.9. The minimum Gasteiger partial charge on any atom is -0.462 e. The Morgan fingerprint density at radius 1 is 1.39 bits per heavy atom. The van der Waals surface area contributed by atoms with Gasteiger partial charge < -0.3 is 15.0 Å². The zero-order valence-corrected chi connectivity index (χ0v) is 10.2. The summed E-state index contributed by atoms with van der Waals surface area (Å²) in [5.74, 6) is -0.617. The van der Waals surface area contributed by atoms with Crippen molar-refractivity contribution >= 4 is 22.6 Å². The Labute approximate surface area is 104 Å². The lowest BCUT2D eigenvalue weighted by Crippen LogP contribution is -2.22. The fourth-order valence-electron chi connectivity index (χ4n) is 1.90. The molecule has 2 aromatic rings. The lowest BCUT2D eigenvalue weighted by atomic mass is 10.1. The summed E-state index contributed by atoms with van der Waals surface area (Å²) in [5.41, 5.74) is 0.738. The molecule has 1 heterocycles. The van der Waals surface area contributed by atoms with Gasteiger partial charge in [0, 0.05) is 12.4 Å². The fraction of sp³-hybridized carbons (Fsp3) is 0.231.